The normalized spacial score (nSPS) is 24.2. The Kier molecular flexibility index (Phi) is 4.70. The van der Waals surface area contributed by atoms with Gasteiger partial charge in [0.1, 0.15) is 5.69 Å². The smallest absolute Gasteiger partial charge is 0.329 e. The van der Waals surface area contributed by atoms with Crippen LogP contribution in [-0.4, -0.2) is 22.0 Å². The average molecular weight is 429 g/mol. The number of carbonyl (C=O) groups excluding carboxylic acids is 1. The quantitative estimate of drug-likeness (QED) is 0.650. The summed E-state index contributed by atoms with van der Waals surface area (Å²) in [5.74, 6) is 0. The van der Waals surface area contributed by atoms with Crippen LogP contribution in [0.4, 0.5) is 31.1 Å². The van der Waals surface area contributed by atoms with E-state index >= 15 is 0 Å². The molecule has 1 aromatic heterocycles. The van der Waals surface area contributed by atoms with Gasteiger partial charge in [0, 0.05) is 6.20 Å². The van der Waals surface area contributed by atoms with Gasteiger partial charge in [-0.25, -0.2) is 4.79 Å². The Hall–Kier alpha value is -2.78. The molecule has 0 unspecified atom stereocenters. The number of aromatic nitrogens is 1. The summed E-state index contributed by atoms with van der Waals surface area (Å²) in [5.41, 5.74) is -0.579. The zero-order valence-corrected chi connectivity index (χ0v) is 15.7. The molecule has 0 radical (unpaired) electrons. The monoisotopic (exact) mass is 429 g/mol. The Balaban J connectivity index is 1.66. The molecular weight excluding hydrogens is 412 g/mol. The fourth-order valence-electron chi connectivity index (χ4n) is 4.34. The molecule has 4 nitrogen and oxygen atoms in total. The molecular formula is C20H17F6N3O. The van der Waals surface area contributed by atoms with E-state index in [4.69, 9.17) is 0 Å². The molecule has 2 aromatic rings. The fourth-order valence-corrected chi connectivity index (χ4v) is 4.34. The number of amides is 2. The van der Waals surface area contributed by atoms with Gasteiger partial charge in [0.15, 0.2) is 0 Å². The van der Waals surface area contributed by atoms with Gasteiger partial charge < -0.3 is 10.2 Å². The van der Waals surface area contributed by atoms with Gasteiger partial charge in [0.05, 0.1) is 23.7 Å². The summed E-state index contributed by atoms with van der Waals surface area (Å²) in [6.07, 6.45) is -7.22. The lowest BCUT2D eigenvalue weighted by atomic mass is 9.96. The van der Waals surface area contributed by atoms with E-state index in [1.807, 2.05) is 0 Å². The van der Waals surface area contributed by atoms with Crippen molar-refractivity contribution in [2.75, 3.05) is 0 Å². The van der Waals surface area contributed by atoms with Gasteiger partial charge in [-0.3, -0.25) is 4.98 Å². The molecule has 1 N–H and O–H groups in total. The maximum Gasteiger partial charge on any atom is 0.433 e. The van der Waals surface area contributed by atoms with Crippen LogP contribution in [0.15, 0.2) is 36.5 Å². The summed E-state index contributed by atoms with van der Waals surface area (Å²) in [4.78, 5) is 17.4. The molecule has 2 aliphatic rings. The van der Waals surface area contributed by atoms with Crippen molar-refractivity contribution in [1.82, 2.24) is 15.2 Å². The van der Waals surface area contributed by atoms with E-state index in [0.717, 1.165) is 24.4 Å². The molecule has 1 aromatic carbocycles. The highest BCUT2D eigenvalue weighted by Gasteiger charge is 2.49. The highest BCUT2D eigenvalue weighted by atomic mass is 19.4. The highest BCUT2D eigenvalue weighted by Crippen LogP contribution is 2.46. The molecule has 0 spiro atoms. The van der Waals surface area contributed by atoms with Gasteiger partial charge in [-0.1, -0.05) is 6.07 Å². The number of alkyl halides is 6. The summed E-state index contributed by atoms with van der Waals surface area (Å²) in [7, 11) is 0. The van der Waals surface area contributed by atoms with Crippen LogP contribution in [0.5, 0.6) is 0 Å². The Morgan fingerprint density at radius 1 is 1.03 bits per heavy atom. The molecule has 0 aliphatic carbocycles. The van der Waals surface area contributed by atoms with E-state index in [9.17, 15) is 31.1 Å². The van der Waals surface area contributed by atoms with E-state index < -0.39 is 47.8 Å². The van der Waals surface area contributed by atoms with Crippen LogP contribution in [0.2, 0.25) is 0 Å². The topological polar surface area (TPSA) is 45.2 Å². The molecule has 10 heteroatoms. The number of nitrogens with one attached hydrogen (secondary N) is 1. The average Bonchev–Trinajstić information content (AvgIpc) is 3.22. The minimum absolute atomic E-state index is 0.264. The van der Waals surface area contributed by atoms with Crippen molar-refractivity contribution in [3.63, 3.8) is 0 Å². The van der Waals surface area contributed by atoms with E-state index in [1.165, 1.54) is 17.0 Å². The number of pyridine rings is 1. The maximum atomic E-state index is 13.2. The summed E-state index contributed by atoms with van der Waals surface area (Å²) in [5, 5.41) is 2.68. The number of carbonyl (C=O) groups is 1. The number of hydrogen-bond donors (Lipinski definition) is 1. The van der Waals surface area contributed by atoms with Gasteiger partial charge in [-0.05, 0) is 60.7 Å². The molecule has 4 rings (SSSR count). The minimum atomic E-state index is -4.62. The van der Waals surface area contributed by atoms with Crippen LogP contribution in [-0.2, 0) is 12.4 Å². The lowest BCUT2D eigenvalue weighted by Gasteiger charge is -2.26. The van der Waals surface area contributed by atoms with Crippen LogP contribution >= 0.6 is 0 Å². The first kappa shape index (κ1) is 20.5. The number of hydrogen-bond acceptors (Lipinski definition) is 2. The van der Waals surface area contributed by atoms with Gasteiger partial charge in [-0.2, -0.15) is 26.3 Å². The number of aryl methyl sites for hydroxylation is 1. The molecule has 30 heavy (non-hydrogen) atoms. The third kappa shape index (κ3) is 3.48. The van der Waals surface area contributed by atoms with Crippen molar-refractivity contribution < 1.29 is 31.1 Å². The predicted molar refractivity (Wildman–Crippen MR) is 94.3 cm³/mol. The molecule has 2 saturated heterocycles. The van der Waals surface area contributed by atoms with E-state index in [-0.39, 0.29) is 5.56 Å². The Morgan fingerprint density at radius 3 is 2.43 bits per heavy atom. The zero-order chi connectivity index (χ0) is 21.8. The third-order valence-corrected chi connectivity index (χ3v) is 5.73. The van der Waals surface area contributed by atoms with Crippen molar-refractivity contribution in [2.45, 2.75) is 50.2 Å². The van der Waals surface area contributed by atoms with E-state index in [0.29, 0.717) is 24.0 Å². The molecule has 3 atom stereocenters. The molecule has 160 valence electrons. The molecule has 0 saturated carbocycles. The summed E-state index contributed by atoms with van der Waals surface area (Å²) >= 11 is 0. The van der Waals surface area contributed by atoms with Crippen molar-refractivity contribution in [1.29, 1.82) is 0 Å². The summed E-state index contributed by atoms with van der Waals surface area (Å²) in [6, 6.07) is 3.49. The number of rotatable bonds is 2. The van der Waals surface area contributed by atoms with Gasteiger partial charge in [0.25, 0.3) is 0 Å². The third-order valence-electron chi connectivity index (χ3n) is 5.73. The van der Waals surface area contributed by atoms with Crippen LogP contribution in [0.25, 0.3) is 0 Å². The van der Waals surface area contributed by atoms with E-state index in [2.05, 4.69) is 10.3 Å². The van der Waals surface area contributed by atoms with E-state index in [1.54, 1.807) is 6.92 Å². The number of benzene rings is 1. The van der Waals surface area contributed by atoms with Crippen LogP contribution in [0, 0.1) is 6.92 Å². The van der Waals surface area contributed by atoms with Crippen LogP contribution in [0.3, 0.4) is 0 Å². The van der Waals surface area contributed by atoms with Gasteiger partial charge in [0.2, 0.25) is 0 Å². The molecule has 2 amide bonds. The Bertz CT molecular complexity index is 987. The second-order valence-corrected chi connectivity index (χ2v) is 7.54. The molecule has 0 bridgehead atoms. The first-order valence-electron chi connectivity index (χ1n) is 9.26. The molecule has 3 heterocycles. The summed E-state index contributed by atoms with van der Waals surface area (Å²) < 4.78 is 78.5. The molecule has 2 fully saturated rings. The molecule has 2 aliphatic heterocycles. The van der Waals surface area contributed by atoms with Crippen molar-refractivity contribution >= 4 is 6.03 Å². The number of nitrogens with zero attached hydrogens (tertiary/aromatic N) is 2. The van der Waals surface area contributed by atoms with Crippen molar-refractivity contribution in [2.24, 2.45) is 0 Å². The minimum Gasteiger partial charge on any atom is -0.329 e. The number of urea groups is 1. The fraction of sp³-hybridized carbons (Fsp3) is 0.400. The maximum absolute atomic E-state index is 13.2. The van der Waals surface area contributed by atoms with Gasteiger partial charge >= 0.3 is 18.4 Å². The van der Waals surface area contributed by atoms with Crippen molar-refractivity contribution in [3.05, 3.63) is 64.5 Å². The second-order valence-electron chi connectivity index (χ2n) is 7.54. The predicted octanol–water partition coefficient (Wildman–Crippen LogP) is 5.40. The second kappa shape index (κ2) is 6.88. The van der Waals surface area contributed by atoms with Crippen LogP contribution < -0.4 is 5.32 Å². The lowest BCUT2D eigenvalue weighted by Crippen LogP contribution is -2.32. The van der Waals surface area contributed by atoms with Crippen molar-refractivity contribution in [3.8, 4) is 0 Å². The Morgan fingerprint density at radius 2 is 1.77 bits per heavy atom. The summed E-state index contributed by atoms with van der Waals surface area (Å²) in [6.45, 7) is 1.67. The first-order chi connectivity index (χ1) is 14.0. The standard InChI is InChI=1S/C20H17F6N3O/c1-10-2-3-12(19(21,22)23)9-13(10)14-4-5-15-17(28-18(30)29(14)15)11-6-7-27-16(8-11)20(24,25)26/h2-3,6-9,14-15,17H,4-5H2,1H3,(H,28,30)/t14-,15-,17+/m0/s1. The first-order valence-corrected chi connectivity index (χ1v) is 9.26. The lowest BCUT2D eigenvalue weighted by molar-refractivity contribution is -0.141. The highest BCUT2D eigenvalue weighted by molar-refractivity contribution is 5.79. The SMILES string of the molecule is Cc1ccc(C(F)(F)F)cc1[C@@H]1CC[C@H]2[C@@H](c3ccnc(C(F)(F)F)c3)NC(=O)N12. The number of fused-ring (bicyclic) bond motifs is 1. The zero-order valence-electron chi connectivity index (χ0n) is 15.7. The largest absolute Gasteiger partial charge is 0.433 e. The Labute approximate surface area is 167 Å². The number of halogens is 6. The van der Waals surface area contributed by atoms with Crippen LogP contribution in [0.1, 0.15) is 52.9 Å². The van der Waals surface area contributed by atoms with Gasteiger partial charge in [-0.15, -0.1) is 0 Å².